The number of carboxylic acids is 1. The Labute approximate surface area is 131 Å². The number of sulfonamides is 1. The second-order valence-electron chi connectivity index (χ2n) is 4.90. The van der Waals surface area contributed by atoms with Gasteiger partial charge in [-0.3, -0.25) is 4.72 Å². The van der Waals surface area contributed by atoms with Crippen molar-refractivity contribution in [1.29, 1.82) is 0 Å². The van der Waals surface area contributed by atoms with Gasteiger partial charge in [0.05, 0.1) is 11.3 Å². The summed E-state index contributed by atoms with van der Waals surface area (Å²) >= 11 is 0.943. The van der Waals surface area contributed by atoms with Gasteiger partial charge >= 0.3 is 5.97 Å². The van der Waals surface area contributed by atoms with Crippen LogP contribution in [-0.2, 0) is 28.9 Å². The number of thiazole rings is 1. The monoisotopic (exact) mass is 339 g/mol. The number of fused-ring (bicyclic) bond motifs is 1. The van der Waals surface area contributed by atoms with Crippen LogP contribution in [0.5, 0.6) is 0 Å². The number of hydrogen-bond acceptors (Lipinski definition) is 6. The van der Waals surface area contributed by atoms with E-state index >= 15 is 0 Å². The molecule has 3 rings (SSSR count). The molecule has 0 saturated heterocycles. The maximum Gasteiger partial charge on any atom is 0.357 e. The molecule has 0 amide bonds. The zero-order valence-corrected chi connectivity index (χ0v) is 13.0. The molecule has 0 fully saturated rings. The summed E-state index contributed by atoms with van der Waals surface area (Å²) < 4.78 is 26.7. The molecule has 116 valence electrons. The highest BCUT2D eigenvalue weighted by molar-refractivity contribution is 7.92. The maximum absolute atomic E-state index is 12.2. The Balaban J connectivity index is 1.79. The van der Waals surface area contributed by atoms with Gasteiger partial charge in [-0.15, -0.1) is 11.3 Å². The number of carboxylic acid groups (broad SMARTS) is 1. The van der Waals surface area contributed by atoms with Crippen LogP contribution in [0.4, 0.5) is 5.00 Å². The van der Waals surface area contributed by atoms with Crippen molar-refractivity contribution in [2.24, 2.45) is 0 Å². The van der Waals surface area contributed by atoms with Crippen LogP contribution in [0.1, 0.15) is 27.2 Å². The molecule has 0 spiro atoms. The van der Waals surface area contributed by atoms with Crippen molar-refractivity contribution in [3.05, 3.63) is 46.1 Å². The first-order chi connectivity index (χ1) is 10.4. The molecule has 0 saturated carbocycles. The number of nitrogens with one attached hydrogen (secondary N) is 2. The third kappa shape index (κ3) is 3.11. The summed E-state index contributed by atoms with van der Waals surface area (Å²) in [5.41, 5.74) is 3.94. The first kappa shape index (κ1) is 14.9. The van der Waals surface area contributed by atoms with Crippen LogP contribution >= 0.6 is 11.3 Å². The first-order valence-electron chi connectivity index (χ1n) is 6.43. The van der Waals surface area contributed by atoms with Crippen LogP contribution < -0.4 is 10.0 Å². The number of nitrogens with zero attached hydrogens (tertiary/aromatic N) is 1. The SMILES string of the molecule is O=C(O)c1ncsc1NS(=O)(=O)Cc1ccc2c(c1)CNC2. The van der Waals surface area contributed by atoms with E-state index in [1.807, 2.05) is 12.1 Å². The highest BCUT2D eigenvalue weighted by Crippen LogP contribution is 2.23. The summed E-state index contributed by atoms with van der Waals surface area (Å²) in [5.74, 6) is -1.47. The van der Waals surface area contributed by atoms with Crippen molar-refractivity contribution >= 4 is 32.3 Å². The van der Waals surface area contributed by atoms with Gasteiger partial charge < -0.3 is 10.4 Å². The minimum Gasteiger partial charge on any atom is -0.476 e. The second-order valence-corrected chi connectivity index (χ2v) is 7.48. The van der Waals surface area contributed by atoms with E-state index in [0.717, 1.165) is 30.0 Å². The maximum atomic E-state index is 12.2. The minimum atomic E-state index is -3.69. The number of rotatable bonds is 5. The molecule has 0 atom stereocenters. The summed E-state index contributed by atoms with van der Waals surface area (Å²) in [6, 6.07) is 5.55. The molecule has 0 bridgehead atoms. The van der Waals surface area contributed by atoms with Gasteiger partial charge in [-0.25, -0.2) is 18.2 Å². The highest BCUT2D eigenvalue weighted by atomic mass is 32.2. The van der Waals surface area contributed by atoms with Crippen molar-refractivity contribution in [3.63, 3.8) is 0 Å². The molecular formula is C13H13N3O4S2. The van der Waals surface area contributed by atoms with E-state index in [4.69, 9.17) is 5.11 Å². The lowest BCUT2D eigenvalue weighted by atomic mass is 10.1. The molecule has 1 aliphatic rings. The molecule has 7 nitrogen and oxygen atoms in total. The number of aromatic nitrogens is 1. The van der Waals surface area contributed by atoms with Gasteiger partial charge in [-0.05, 0) is 16.7 Å². The predicted octanol–water partition coefficient (Wildman–Crippen LogP) is 1.39. The normalized spacial score (nSPS) is 13.8. The van der Waals surface area contributed by atoms with Gasteiger partial charge in [0.15, 0.2) is 5.69 Å². The molecule has 9 heteroatoms. The van der Waals surface area contributed by atoms with Crippen LogP contribution in [0, 0.1) is 0 Å². The van der Waals surface area contributed by atoms with E-state index < -0.39 is 16.0 Å². The van der Waals surface area contributed by atoms with Gasteiger partial charge in [-0.1, -0.05) is 18.2 Å². The first-order valence-corrected chi connectivity index (χ1v) is 8.96. The Hall–Kier alpha value is -1.97. The van der Waals surface area contributed by atoms with Crippen molar-refractivity contribution in [2.45, 2.75) is 18.8 Å². The van der Waals surface area contributed by atoms with Crippen molar-refractivity contribution in [1.82, 2.24) is 10.3 Å². The fourth-order valence-electron chi connectivity index (χ4n) is 2.31. The van der Waals surface area contributed by atoms with E-state index in [9.17, 15) is 13.2 Å². The third-order valence-corrected chi connectivity index (χ3v) is 5.38. The Morgan fingerprint density at radius 2 is 2.14 bits per heavy atom. The summed E-state index contributed by atoms with van der Waals surface area (Å²) in [7, 11) is -3.69. The van der Waals surface area contributed by atoms with E-state index in [-0.39, 0.29) is 16.4 Å². The quantitative estimate of drug-likeness (QED) is 0.759. The van der Waals surface area contributed by atoms with Crippen LogP contribution in [0.3, 0.4) is 0 Å². The van der Waals surface area contributed by atoms with Crippen molar-refractivity contribution in [2.75, 3.05) is 4.72 Å². The van der Waals surface area contributed by atoms with Crippen LogP contribution in [0.25, 0.3) is 0 Å². The summed E-state index contributed by atoms with van der Waals surface area (Å²) in [6.45, 7) is 1.53. The van der Waals surface area contributed by atoms with Crippen LogP contribution in [0.15, 0.2) is 23.7 Å². The van der Waals surface area contributed by atoms with E-state index in [1.54, 1.807) is 6.07 Å². The molecule has 1 aromatic heterocycles. The summed E-state index contributed by atoms with van der Waals surface area (Å²) in [5, 5.41) is 12.2. The van der Waals surface area contributed by atoms with Gasteiger partial charge in [0.2, 0.25) is 10.0 Å². The Morgan fingerprint density at radius 3 is 2.91 bits per heavy atom. The van der Waals surface area contributed by atoms with Gasteiger partial charge in [0, 0.05) is 13.1 Å². The number of aromatic carboxylic acids is 1. The second kappa shape index (κ2) is 5.67. The highest BCUT2D eigenvalue weighted by Gasteiger charge is 2.20. The Bertz CT molecular complexity index is 830. The smallest absolute Gasteiger partial charge is 0.357 e. The summed E-state index contributed by atoms with van der Waals surface area (Å²) in [4.78, 5) is 14.6. The fraction of sp³-hybridized carbons (Fsp3) is 0.231. The molecule has 2 heterocycles. The third-order valence-electron chi connectivity index (χ3n) is 3.28. The topological polar surface area (TPSA) is 108 Å². The van der Waals surface area contributed by atoms with E-state index in [1.165, 1.54) is 11.1 Å². The lowest BCUT2D eigenvalue weighted by molar-refractivity contribution is 0.0692. The average Bonchev–Trinajstić information content (AvgIpc) is 3.05. The van der Waals surface area contributed by atoms with Crippen LogP contribution in [-0.4, -0.2) is 24.5 Å². The predicted molar refractivity (Wildman–Crippen MR) is 82.3 cm³/mol. The van der Waals surface area contributed by atoms with E-state index in [0.29, 0.717) is 5.56 Å². The Morgan fingerprint density at radius 1 is 1.36 bits per heavy atom. The molecule has 22 heavy (non-hydrogen) atoms. The standard InChI is InChI=1S/C13H13N3O4S2/c17-13(18)11-12(21-7-15-11)16-22(19,20)6-8-1-2-9-4-14-5-10(9)3-8/h1-3,7,14,16H,4-6H2,(H,17,18). The zero-order chi connectivity index (χ0) is 15.7. The molecule has 0 radical (unpaired) electrons. The lowest BCUT2D eigenvalue weighted by Crippen LogP contribution is -2.16. The van der Waals surface area contributed by atoms with Crippen molar-refractivity contribution in [3.8, 4) is 0 Å². The fourth-order valence-corrected chi connectivity index (χ4v) is 4.46. The summed E-state index contributed by atoms with van der Waals surface area (Å²) in [6.07, 6.45) is 0. The molecule has 1 aliphatic heterocycles. The molecule has 1 aromatic carbocycles. The van der Waals surface area contributed by atoms with Crippen molar-refractivity contribution < 1.29 is 18.3 Å². The minimum absolute atomic E-state index is 0.0235. The van der Waals surface area contributed by atoms with Crippen LogP contribution in [0.2, 0.25) is 0 Å². The number of anilines is 1. The number of benzene rings is 1. The number of carbonyl (C=O) groups is 1. The molecule has 3 N–H and O–H groups in total. The van der Waals surface area contributed by atoms with Gasteiger partial charge in [0.1, 0.15) is 5.00 Å². The Kier molecular flexibility index (Phi) is 3.85. The average molecular weight is 339 g/mol. The lowest BCUT2D eigenvalue weighted by Gasteiger charge is -2.08. The molecule has 2 aromatic rings. The van der Waals surface area contributed by atoms with Gasteiger partial charge in [0.25, 0.3) is 0 Å². The zero-order valence-electron chi connectivity index (χ0n) is 11.4. The molecule has 0 aliphatic carbocycles. The van der Waals surface area contributed by atoms with E-state index in [2.05, 4.69) is 15.0 Å². The molecular weight excluding hydrogens is 326 g/mol. The molecule has 0 unspecified atom stereocenters. The number of hydrogen-bond donors (Lipinski definition) is 3. The van der Waals surface area contributed by atoms with Gasteiger partial charge in [-0.2, -0.15) is 0 Å². The largest absolute Gasteiger partial charge is 0.476 e.